The Morgan fingerprint density at radius 2 is 1.76 bits per heavy atom. The molecule has 0 bridgehead atoms. The molecule has 0 aliphatic carbocycles. The molecule has 2 unspecified atom stereocenters. The zero-order valence-corrected chi connectivity index (χ0v) is 14.1. The van der Waals surface area contributed by atoms with Crippen LogP contribution in [0.3, 0.4) is 0 Å². The van der Waals surface area contributed by atoms with E-state index in [9.17, 15) is 4.79 Å². The molecule has 2 aliphatic heterocycles. The lowest BCUT2D eigenvalue weighted by molar-refractivity contribution is -0.135. The van der Waals surface area contributed by atoms with Gasteiger partial charge in [-0.05, 0) is 71.5 Å². The third-order valence-corrected chi connectivity index (χ3v) is 5.32. The number of nitrogens with zero attached hydrogens (tertiary/aromatic N) is 2. The molecule has 0 aromatic carbocycles. The normalized spacial score (nSPS) is 24.2. The van der Waals surface area contributed by atoms with Crippen molar-refractivity contribution in [3.05, 3.63) is 0 Å². The third kappa shape index (κ3) is 4.43. The van der Waals surface area contributed by atoms with Crippen molar-refractivity contribution in [3.63, 3.8) is 0 Å². The van der Waals surface area contributed by atoms with Crippen LogP contribution in [0.1, 0.15) is 52.9 Å². The van der Waals surface area contributed by atoms with Crippen LogP contribution >= 0.6 is 0 Å². The average Bonchev–Trinajstić information content (AvgIpc) is 3.05. The van der Waals surface area contributed by atoms with Crippen LogP contribution in [0.2, 0.25) is 0 Å². The summed E-state index contributed by atoms with van der Waals surface area (Å²) in [5, 5.41) is 3.62. The SMILES string of the molecule is CCCNC(C)C1CCN(C(C)C(=O)N2CCCC2)CC1. The summed E-state index contributed by atoms with van der Waals surface area (Å²) in [5.74, 6) is 1.12. The second-order valence-corrected chi connectivity index (χ2v) is 6.82. The molecule has 2 rings (SSSR count). The van der Waals surface area contributed by atoms with Gasteiger partial charge in [-0.3, -0.25) is 9.69 Å². The summed E-state index contributed by atoms with van der Waals surface area (Å²) in [4.78, 5) is 16.9. The van der Waals surface area contributed by atoms with Crippen molar-refractivity contribution < 1.29 is 4.79 Å². The number of carbonyl (C=O) groups is 1. The molecule has 4 nitrogen and oxygen atoms in total. The van der Waals surface area contributed by atoms with Crippen LogP contribution in [0.25, 0.3) is 0 Å². The Bertz CT molecular complexity index is 320. The fourth-order valence-electron chi connectivity index (χ4n) is 3.70. The Kier molecular flexibility index (Phi) is 6.49. The van der Waals surface area contributed by atoms with Gasteiger partial charge < -0.3 is 10.2 Å². The van der Waals surface area contributed by atoms with Crippen LogP contribution in [0.4, 0.5) is 0 Å². The van der Waals surface area contributed by atoms with Crippen molar-refractivity contribution in [1.29, 1.82) is 0 Å². The summed E-state index contributed by atoms with van der Waals surface area (Å²) < 4.78 is 0. The van der Waals surface area contributed by atoms with E-state index in [2.05, 4.69) is 35.9 Å². The van der Waals surface area contributed by atoms with E-state index >= 15 is 0 Å². The van der Waals surface area contributed by atoms with E-state index in [0.717, 1.165) is 38.6 Å². The molecule has 2 saturated heterocycles. The summed E-state index contributed by atoms with van der Waals surface area (Å²) in [6.45, 7) is 11.8. The van der Waals surface area contributed by atoms with Crippen molar-refractivity contribution >= 4 is 5.91 Å². The van der Waals surface area contributed by atoms with Gasteiger partial charge in [-0.15, -0.1) is 0 Å². The molecule has 0 saturated carbocycles. The van der Waals surface area contributed by atoms with Crippen LogP contribution < -0.4 is 5.32 Å². The Labute approximate surface area is 130 Å². The first-order chi connectivity index (χ1) is 10.1. The molecular formula is C17H33N3O. The van der Waals surface area contributed by atoms with Crippen molar-refractivity contribution in [2.24, 2.45) is 5.92 Å². The number of nitrogens with one attached hydrogen (secondary N) is 1. The van der Waals surface area contributed by atoms with Gasteiger partial charge in [0.1, 0.15) is 0 Å². The highest BCUT2D eigenvalue weighted by atomic mass is 16.2. The molecule has 0 radical (unpaired) electrons. The molecule has 2 atom stereocenters. The monoisotopic (exact) mass is 295 g/mol. The molecule has 2 fully saturated rings. The summed E-state index contributed by atoms with van der Waals surface area (Å²) in [5.41, 5.74) is 0. The first-order valence-electron chi connectivity index (χ1n) is 8.89. The fourth-order valence-corrected chi connectivity index (χ4v) is 3.70. The Hall–Kier alpha value is -0.610. The maximum atomic E-state index is 12.5. The summed E-state index contributed by atoms with van der Waals surface area (Å²) in [6, 6.07) is 0.680. The molecule has 0 aromatic rings. The maximum absolute atomic E-state index is 12.5. The van der Waals surface area contributed by atoms with Crippen LogP contribution in [0, 0.1) is 5.92 Å². The molecule has 0 spiro atoms. The topological polar surface area (TPSA) is 35.6 Å². The molecule has 122 valence electrons. The van der Waals surface area contributed by atoms with E-state index in [1.807, 2.05) is 0 Å². The highest BCUT2D eigenvalue weighted by molar-refractivity contribution is 5.81. The number of amides is 1. The predicted octanol–water partition coefficient (Wildman–Crippen LogP) is 2.10. The van der Waals surface area contributed by atoms with Gasteiger partial charge in [0.05, 0.1) is 6.04 Å². The van der Waals surface area contributed by atoms with Gasteiger partial charge in [0.15, 0.2) is 0 Å². The lowest BCUT2D eigenvalue weighted by Crippen LogP contribution is -2.50. The van der Waals surface area contributed by atoms with Crippen LogP contribution in [0.5, 0.6) is 0 Å². The van der Waals surface area contributed by atoms with E-state index in [-0.39, 0.29) is 6.04 Å². The van der Waals surface area contributed by atoms with Crippen molar-refractivity contribution in [3.8, 4) is 0 Å². The van der Waals surface area contributed by atoms with Crippen LogP contribution in [-0.2, 0) is 4.79 Å². The molecule has 0 aromatic heterocycles. The average molecular weight is 295 g/mol. The molecule has 1 amide bonds. The quantitative estimate of drug-likeness (QED) is 0.815. The molecular weight excluding hydrogens is 262 g/mol. The van der Waals surface area contributed by atoms with Crippen molar-refractivity contribution in [2.45, 2.75) is 65.0 Å². The molecule has 1 N–H and O–H groups in total. The van der Waals surface area contributed by atoms with E-state index < -0.39 is 0 Å². The predicted molar refractivity (Wildman–Crippen MR) is 87.3 cm³/mol. The molecule has 4 heteroatoms. The largest absolute Gasteiger partial charge is 0.341 e. The van der Waals surface area contributed by atoms with E-state index in [0.29, 0.717) is 11.9 Å². The lowest BCUT2D eigenvalue weighted by atomic mass is 9.89. The zero-order valence-electron chi connectivity index (χ0n) is 14.1. The van der Waals surface area contributed by atoms with Gasteiger partial charge in [0, 0.05) is 19.1 Å². The minimum Gasteiger partial charge on any atom is -0.341 e. The van der Waals surface area contributed by atoms with Gasteiger partial charge in [-0.25, -0.2) is 0 Å². The second kappa shape index (κ2) is 8.14. The van der Waals surface area contributed by atoms with Gasteiger partial charge in [0.2, 0.25) is 5.91 Å². The maximum Gasteiger partial charge on any atom is 0.239 e. The van der Waals surface area contributed by atoms with E-state index in [1.54, 1.807) is 0 Å². The number of carbonyl (C=O) groups excluding carboxylic acids is 1. The van der Waals surface area contributed by atoms with Gasteiger partial charge in [-0.2, -0.15) is 0 Å². The van der Waals surface area contributed by atoms with Gasteiger partial charge in [0.25, 0.3) is 0 Å². The first kappa shape index (κ1) is 16.8. The molecule has 2 aliphatic rings. The Morgan fingerprint density at radius 1 is 1.14 bits per heavy atom. The number of likely N-dealkylation sites (tertiary alicyclic amines) is 2. The Morgan fingerprint density at radius 3 is 2.33 bits per heavy atom. The van der Waals surface area contributed by atoms with E-state index in [4.69, 9.17) is 0 Å². The number of rotatable bonds is 6. The van der Waals surface area contributed by atoms with Gasteiger partial charge >= 0.3 is 0 Å². The molecule has 2 heterocycles. The van der Waals surface area contributed by atoms with Crippen molar-refractivity contribution in [1.82, 2.24) is 15.1 Å². The third-order valence-electron chi connectivity index (χ3n) is 5.32. The first-order valence-corrected chi connectivity index (χ1v) is 8.89. The number of hydrogen-bond donors (Lipinski definition) is 1. The molecule has 21 heavy (non-hydrogen) atoms. The van der Waals surface area contributed by atoms with Crippen LogP contribution in [-0.4, -0.2) is 60.5 Å². The fraction of sp³-hybridized carbons (Fsp3) is 0.941. The van der Waals surface area contributed by atoms with Crippen molar-refractivity contribution in [2.75, 3.05) is 32.7 Å². The minimum absolute atomic E-state index is 0.0722. The lowest BCUT2D eigenvalue weighted by Gasteiger charge is -2.38. The number of piperidine rings is 1. The standard InChI is InChI=1S/C17H33N3O/c1-4-9-18-14(2)16-7-12-19(13-8-16)15(3)17(21)20-10-5-6-11-20/h14-16,18H,4-13H2,1-3H3. The highest BCUT2D eigenvalue weighted by Crippen LogP contribution is 2.23. The number of hydrogen-bond acceptors (Lipinski definition) is 3. The highest BCUT2D eigenvalue weighted by Gasteiger charge is 2.31. The zero-order chi connectivity index (χ0) is 15.2. The smallest absolute Gasteiger partial charge is 0.239 e. The van der Waals surface area contributed by atoms with Crippen LogP contribution in [0.15, 0.2) is 0 Å². The van der Waals surface area contributed by atoms with E-state index in [1.165, 1.54) is 32.1 Å². The van der Waals surface area contributed by atoms with Gasteiger partial charge in [-0.1, -0.05) is 6.92 Å². The Balaban J connectivity index is 1.76. The summed E-state index contributed by atoms with van der Waals surface area (Å²) in [7, 11) is 0. The minimum atomic E-state index is 0.0722. The summed E-state index contributed by atoms with van der Waals surface area (Å²) >= 11 is 0. The summed E-state index contributed by atoms with van der Waals surface area (Å²) in [6.07, 6.45) is 6.00. The second-order valence-electron chi connectivity index (χ2n) is 6.82.